The van der Waals surface area contributed by atoms with Crippen LogP contribution in [0.3, 0.4) is 0 Å². The highest BCUT2D eigenvalue weighted by Gasteiger charge is 2.38. The van der Waals surface area contributed by atoms with Gasteiger partial charge in [0.25, 0.3) is 0 Å². The molecule has 5 heteroatoms. The highest BCUT2D eigenvalue weighted by molar-refractivity contribution is 5.81. The Labute approximate surface area is 139 Å². The van der Waals surface area contributed by atoms with Crippen molar-refractivity contribution in [3.8, 4) is 0 Å². The molecule has 2 atom stereocenters. The number of carbonyl (C=O) groups is 2. The summed E-state index contributed by atoms with van der Waals surface area (Å²) in [6, 6.07) is 0.117. The molecule has 23 heavy (non-hydrogen) atoms. The van der Waals surface area contributed by atoms with Crippen molar-refractivity contribution in [2.24, 2.45) is 11.8 Å². The van der Waals surface area contributed by atoms with E-state index in [0.717, 1.165) is 38.0 Å². The van der Waals surface area contributed by atoms with Gasteiger partial charge >= 0.3 is 5.97 Å². The lowest BCUT2D eigenvalue weighted by Gasteiger charge is -2.37. The Balaban J connectivity index is 1.92. The molecule has 0 unspecified atom stereocenters. The topological polar surface area (TPSA) is 69.6 Å². The van der Waals surface area contributed by atoms with Gasteiger partial charge in [0.1, 0.15) is 6.04 Å². The number of amides is 1. The Morgan fingerprint density at radius 1 is 1.13 bits per heavy atom. The molecule has 0 saturated heterocycles. The second-order valence-corrected chi connectivity index (χ2v) is 7.53. The van der Waals surface area contributed by atoms with Gasteiger partial charge in [-0.25, -0.2) is 0 Å². The van der Waals surface area contributed by atoms with Crippen molar-refractivity contribution in [3.63, 3.8) is 0 Å². The van der Waals surface area contributed by atoms with Gasteiger partial charge in [-0.2, -0.15) is 0 Å². The van der Waals surface area contributed by atoms with E-state index in [1.54, 1.807) is 0 Å². The minimum atomic E-state index is -0.864. The standard InChI is InChI=1S/C18H32N2O3/c1-4-13(3)17(18(22)23)19-11-16(21)20(15-9-10-15)14-7-5-12(2)6-8-14/h12-15,17,19H,4-11H2,1-3H3,(H,22,23)/t12?,13-,14?,17-/m0/s1. The van der Waals surface area contributed by atoms with Crippen molar-refractivity contribution in [1.82, 2.24) is 10.2 Å². The molecule has 0 bridgehead atoms. The summed E-state index contributed by atoms with van der Waals surface area (Å²) in [6.07, 6.45) is 7.56. The van der Waals surface area contributed by atoms with Crippen LogP contribution in [0.15, 0.2) is 0 Å². The fourth-order valence-electron chi connectivity index (χ4n) is 3.63. The maximum Gasteiger partial charge on any atom is 0.320 e. The number of nitrogens with zero attached hydrogens (tertiary/aromatic N) is 1. The number of nitrogens with one attached hydrogen (secondary N) is 1. The van der Waals surface area contributed by atoms with Gasteiger partial charge in [-0.15, -0.1) is 0 Å². The first-order chi connectivity index (χ1) is 10.9. The largest absolute Gasteiger partial charge is 0.480 e. The van der Waals surface area contributed by atoms with Gasteiger partial charge in [-0.1, -0.05) is 27.2 Å². The van der Waals surface area contributed by atoms with Crippen molar-refractivity contribution < 1.29 is 14.7 Å². The van der Waals surface area contributed by atoms with Crippen molar-refractivity contribution >= 4 is 11.9 Å². The molecule has 0 aromatic rings. The molecular formula is C18H32N2O3. The van der Waals surface area contributed by atoms with Gasteiger partial charge in [-0.3, -0.25) is 14.9 Å². The smallest absolute Gasteiger partial charge is 0.320 e. The average molecular weight is 324 g/mol. The zero-order valence-electron chi connectivity index (χ0n) is 14.8. The Morgan fingerprint density at radius 2 is 1.65 bits per heavy atom. The van der Waals surface area contributed by atoms with E-state index >= 15 is 0 Å². The van der Waals surface area contributed by atoms with Gasteiger partial charge in [-0.05, 0) is 50.4 Å². The van der Waals surface area contributed by atoms with E-state index in [1.165, 1.54) is 12.8 Å². The molecular weight excluding hydrogens is 292 g/mol. The van der Waals surface area contributed by atoms with Crippen LogP contribution in [0, 0.1) is 11.8 Å². The quantitative estimate of drug-likeness (QED) is 0.720. The van der Waals surface area contributed by atoms with Crippen LogP contribution in [-0.4, -0.2) is 46.6 Å². The van der Waals surface area contributed by atoms with Crippen LogP contribution in [0.25, 0.3) is 0 Å². The molecule has 2 aliphatic rings. The summed E-state index contributed by atoms with van der Waals surface area (Å²) in [5, 5.41) is 12.3. The first-order valence-electron chi connectivity index (χ1n) is 9.21. The van der Waals surface area contributed by atoms with Crippen LogP contribution in [0.5, 0.6) is 0 Å². The van der Waals surface area contributed by atoms with E-state index in [1.807, 2.05) is 13.8 Å². The second-order valence-electron chi connectivity index (χ2n) is 7.53. The van der Waals surface area contributed by atoms with E-state index in [4.69, 9.17) is 0 Å². The van der Waals surface area contributed by atoms with Gasteiger partial charge < -0.3 is 10.0 Å². The maximum atomic E-state index is 12.7. The highest BCUT2D eigenvalue weighted by Crippen LogP contribution is 2.35. The third kappa shape index (κ3) is 4.93. The summed E-state index contributed by atoms with van der Waals surface area (Å²) < 4.78 is 0. The fraction of sp³-hybridized carbons (Fsp3) is 0.889. The highest BCUT2D eigenvalue weighted by atomic mass is 16.4. The summed E-state index contributed by atoms with van der Waals surface area (Å²) in [4.78, 5) is 26.2. The van der Waals surface area contributed by atoms with Crippen LogP contribution in [-0.2, 0) is 9.59 Å². The molecule has 5 nitrogen and oxygen atoms in total. The summed E-state index contributed by atoms with van der Waals surface area (Å²) in [5.41, 5.74) is 0. The van der Waals surface area contributed by atoms with Gasteiger partial charge in [0.05, 0.1) is 6.54 Å². The van der Waals surface area contributed by atoms with Crippen LogP contribution in [0.2, 0.25) is 0 Å². The van der Waals surface area contributed by atoms with E-state index in [9.17, 15) is 14.7 Å². The SMILES string of the molecule is CC[C@H](C)[C@H](NCC(=O)N(C1CCC(C)CC1)C1CC1)C(=O)O. The van der Waals surface area contributed by atoms with Crippen LogP contribution in [0.4, 0.5) is 0 Å². The Hall–Kier alpha value is -1.10. The van der Waals surface area contributed by atoms with Crippen LogP contribution < -0.4 is 5.32 Å². The van der Waals surface area contributed by atoms with E-state index < -0.39 is 12.0 Å². The molecule has 132 valence electrons. The van der Waals surface area contributed by atoms with Crippen molar-refractivity contribution in [1.29, 1.82) is 0 Å². The molecule has 0 radical (unpaired) electrons. The first kappa shape index (κ1) is 18.2. The second kappa shape index (κ2) is 8.13. The summed E-state index contributed by atoms with van der Waals surface area (Å²) in [6.45, 7) is 6.32. The summed E-state index contributed by atoms with van der Waals surface area (Å²) >= 11 is 0. The molecule has 1 amide bonds. The van der Waals surface area contributed by atoms with Crippen LogP contribution in [0.1, 0.15) is 65.7 Å². The Kier molecular flexibility index (Phi) is 6.45. The lowest BCUT2D eigenvalue weighted by Crippen LogP contribution is -2.51. The third-order valence-corrected chi connectivity index (χ3v) is 5.56. The number of carbonyl (C=O) groups excluding carboxylic acids is 1. The number of hydrogen-bond donors (Lipinski definition) is 2. The molecule has 0 aliphatic heterocycles. The van der Waals surface area contributed by atoms with Gasteiger partial charge in [0.2, 0.25) is 5.91 Å². The molecule has 2 fully saturated rings. The Morgan fingerprint density at radius 3 is 2.09 bits per heavy atom. The van der Waals surface area contributed by atoms with Crippen molar-refractivity contribution in [3.05, 3.63) is 0 Å². The van der Waals surface area contributed by atoms with Crippen molar-refractivity contribution in [2.45, 2.75) is 83.8 Å². The molecule has 0 spiro atoms. The van der Waals surface area contributed by atoms with Crippen LogP contribution >= 0.6 is 0 Å². The molecule has 2 saturated carbocycles. The fourth-order valence-corrected chi connectivity index (χ4v) is 3.63. The lowest BCUT2D eigenvalue weighted by atomic mass is 9.86. The maximum absolute atomic E-state index is 12.7. The average Bonchev–Trinajstić information content (AvgIpc) is 3.33. The third-order valence-electron chi connectivity index (χ3n) is 5.56. The normalized spacial score (nSPS) is 27.3. The molecule has 0 aromatic heterocycles. The number of carboxylic acids is 1. The zero-order chi connectivity index (χ0) is 17.0. The Bertz CT molecular complexity index is 414. The monoisotopic (exact) mass is 324 g/mol. The molecule has 0 heterocycles. The molecule has 0 aromatic carbocycles. The van der Waals surface area contributed by atoms with E-state index in [-0.39, 0.29) is 18.4 Å². The molecule has 2 rings (SSSR count). The first-order valence-corrected chi connectivity index (χ1v) is 9.21. The number of aliphatic carboxylic acids is 1. The summed E-state index contributed by atoms with van der Waals surface area (Å²) in [5.74, 6) is 0.00532. The minimum absolute atomic E-state index is 0.0187. The van der Waals surface area contributed by atoms with E-state index in [2.05, 4.69) is 17.1 Å². The lowest BCUT2D eigenvalue weighted by molar-refractivity contribution is -0.141. The molecule has 2 aliphatic carbocycles. The molecule has 2 N–H and O–H groups in total. The minimum Gasteiger partial charge on any atom is -0.480 e. The number of carboxylic acid groups (broad SMARTS) is 1. The van der Waals surface area contributed by atoms with Gasteiger partial charge in [0.15, 0.2) is 0 Å². The predicted molar refractivity (Wildman–Crippen MR) is 90.2 cm³/mol. The predicted octanol–water partition coefficient (Wildman–Crippen LogP) is 2.64. The van der Waals surface area contributed by atoms with Crippen molar-refractivity contribution in [2.75, 3.05) is 6.54 Å². The zero-order valence-corrected chi connectivity index (χ0v) is 14.8. The summed E-state index contributed by atoms with van der Waals surface area (Å²) in [7, 11) is 0. The van der Waals surface area contributed by atoms with E-state index in [0.29, 0.717) is 12.1 Å². The van der Waals surface area contributed by atoms with Gasteiger partial charge in [0, 0.05) is 12.1 Å². The number of rotatable bonds is 8. The number of hydrogen-bond acceptors (Lipinski definition) is 3.